The summed E-state index contributed by atoms with van der Waals surface area (Å²) in [5, 5.41) is 3.05. The number of rotatable bonds is 67. The van der Waals surface area contributed by atoms with Gasteiger partial charge in [0.25, 0.3) is 7.82 Å². The Morgan fingerprint density at radius 2 is 0.719 bits per heavy atom. The van der Waals surface area contributed by atoms with Gasteiger partial charge >= 0.3 is 5.97 Å². The maximum Gasteiger partial charge on any atom is 0.306 e. The summed E-state index contributed by atoms with van der Waals surface area (Å²) in [6.07, 6.45) is 93.5. The van der Waals surface area contributed by atoms with Crippen LogP contribution in [0.1, 0.15) is 329 Å². The van der Waals surface area contributed by atoms with Crippen molar-refractivity contribution < 1.29 is 37.3 Å². The number of carbonyl (C=O) groups excluding carboxylic acids is 2. The lowest BCUT2D eigenvalue weighted by atomic mass is 10.0. The minimum atomic E-state index is -4.72. The van der Waals surface area contributed by atoms with E-state index in [4.69, 9.17) is 13.8 Å². The predicted octanol–water partition coefficient (Wildman–Crippen LogP) is 23.4. The minimum absolute atomic E-state index is 0.0276. The number of ether oxygens (including phenoxy) is 1. The Bertz CT molecular complexity index is 1890. The quantitative estimate of drug-likeness (QED) is 0.0212. The Hall–Kier alpha value is -3.33. The fourth-order valence-corrected chi connectivity index (χ4v) is 11.2. The molecule has 1 amide bonds. The third-order valence-electron chi connectivity index (χ3n) is 16.2. The van der Waals surface area contributed by atoms with Gasteiger partial charge in [-0.15, -0.1) is 0 Å². The smallest absolute Gasteiger partial charge is 0.306 e. The van der Waals surface area contributed by atoms with Crippen molar-refractivity contribution in [2.24, 2.45) is 0 Å². The highest BCUT2D eigenvalue weighted by Crippen LogP contribution is 2.38. The number of phosphoric ester groups is 1. The number of phosphoric acid groups is 1. The van der Waals surface area contributed by atoms with Crippen LogP contribution in [0.25, 0.3) is 0 Å². The second-order valence-corrected chi connectivity index (χ2v) is 27.5. The molecule has 0 saturated carbocycles. The molecule has 0 bridgehead atoms. The summed E-state index contributed by atoms with van der Waals surface area (Å²) < 4.78 is 30.5. The first-order valence-corrected chi connectivity index (χ1v) is 38.7. The van der Waals surface area contributed by atoms with Gasteiger partial charge in [0.1, 0.15) is 19.3 Å². The molecule has 514 valence electrons. The van der Waals surface area contributed by atoms with Gasteiger partial charge in [-0.25, -0.2) is 0 Å². The zero-order valence-corrected chi connectivity index (χ0v) is 59.8. The third-order valence-corrected chi connectivity index (χ3v) is 17.2. The largest absolute Gasteiger partial charge is 0.756 e. The molecule has 0 rings (SSSR count). The van der Waals surface area contributed by atoms with Crippen LogP contribution in [0.5, 0.6) is 0 Å². The number of nitrogens with one attached hydrogen (secondary N) is 1. The van der Waals surface area contributed by atoms with Crippen LogP contribution in [0.4, 0.5) is 0 Å². The number of carbonyl (C=O) groups is 2. The summed E-state index contributed by atoms with van der Waals surface area (Å²) in [6, 6.07) is -0.900. The Labute approximate surface area is 551 Å². The van der Waals surface area contributed by atoms with E-state index in [-0.39, 0.29) is 24.9 Å². The molecule has 3 unspecified atom stereocenters. The molecule has 0 aliphatic carbocycles. The van der Waals surface area contributed by atoms with Crippen molar-refractivity contribution in [3.8, 4) is 0 Å². The summed E-state index contributed by atoms with van der Waals surface area (Å²) in [4.78, 5) is 40.3. The molecular formula is C79H141N2O7P. The van der Waals surface area contributed by atoms with Crippen molar-refractivity contribution in [3.63, 3.8) is 0 Å². The molecule has 0 aliphatic rings. The highest BCUT2D eigenvalue weighted by molar-refractivity contribution is 7.45. The topological polar surface area (TPSA) is 114 Å². The van der Waals surface area contributed by atoms with E-state index in [1.54, 1.807) is 0 Å². The number of amides is 1. The SMILES string of the molecule is CC/C=C\C/C=C\C/C=C\C/C=C\C/C=C\CCCCCCCCCCCC(=O)OC(/C=C/CCCCCCCCCCCCC)C(COP(=O)([O-])OCC[N+](C)(C)C)NC(=O)CCCCCCCCCCCCCC/C=C\C/C=C\C/C=C\CCCCC. The van der Waals surface area contributed by atoms with Crippen molar-refractivity contribution in [1.29, 1.82) is 0 Å². The molecule has 89 heavy (non-hydrogen) atoms. The molecule has 0 saturated heterocycles. The van der Waals surface area contributed by atoms with E-state index in [0.717, 1.165) is 122 Å². The Morgan fingerprint density at radius 3 is 1.10 bits per heavy atom. The lowest BCUT2D eigenvalue weighted by molar-refractivity contribution is -0.870. The number of hydrogen-bond acceptors (Lipinski definition) is 7. The lowest BCUT2D eigenvalue weighted by Gasteiger charge is -2.30. The van der Waals surface area contributed by atoms with Crippen LogP contribution < -0.4 is 10.2 Å². The first-order valence-electron chi connectivity index (χ1n) is 37.2. The minimum Gasteiger partial charge on any atom is -0.756 e. The molecule has 9 nitrogen and oxygen atoms in total. The summed E-state index contributed by atoms with van der Waals surface area (Å²) in [5.41, 5.74) is 0. The maximum atomic E-state index is 13.6. The summed E-state index contributed by atoms with van der Waals surface area (Å²) in [7, 11) is 1.18. The van der Waals surface area contributed by atoms with Gasteiger partial charge in [0.05, 0.1) is 33.8 Å². The fourth-order valence-electron chi connectivity index (χ4n) is 10.5. The van der Waals surface area contributed by atoms with Crippen LogP contribution in [0.15, 0.2) is 109 Å². The maximum absolute atomic E-state index is 13.6. The molecule has 0 heterocycles. The molecule has 1 N–H and O–H groups in total. The van der Waals surface area contributed by atoms with Crippen LogP contribution in [-0.4, -0.2) is 69.4 Å². The van der Waals surface area contributed by atoms with Crippen LogP contribution in [0, 0.1) is 0 Å². The van der Waals surface area contributed by atoms with Crippen molar-refractivity contribution in [1.82, 2.24) is 5.32 Å². The van der Waals surface area contributed by atoms with Crippen LogP contribution in [-0.2, 0) is 27.9 Å². The molecule has 0 aliphatic heterocycles. The van der Waals surface area contributed by atoms with Gasteiger partial charge in [-0.2, -0.15) is 0 Å². The van der Waals surface area contributed by atoms with E-state index < -0.39 is 26.6 Å². The number of quaternary nitrogens is 1. The standard InChI is InChI=1S/C79H141N2O7P/c1-7-10-13-16-19-22-25-28-30-32-34-36-38-40-42-44-46-48-50-53-56-59-62-65-68-71-78(82)80-76(75-87-89(84,85)86-74-73-81(4,5)6)77(70-67-64-61-58-55-52-27-24-21-18-15-12-9-3)88-79(83)72-69-66-63-60-57-54-51-49-47-45-43-41-39-37-35-33-31-29-26-23-20-17-14-11-8-2/h11,14,19-20,22-23,28-31,34-37,41,43,67,70,76-77H,7-10,12-13,15-18,21,24-27,32-33,38-40,42,44-66,68-69,71-75H2,1-6H3,(H-,80,82,84,85)/b14-11-,22-19-,23-20-,30-28-,31-29-,36-34-,37-35-,43-41-,70-67+. The predicted molar refractivity (Wildman–Crippen MR) is 385 cm³/mol. The van der Waals surface area contributed by atoms with Crippen LogP contribution >= 0.6 is 7.82 Å². The number of hydrogen-bond donors (Lipinski definition) is 1. The van der Waals surface area contributed by atoms with Crippen molar-refractivity contribution in [3.05, 3.63) is 109 Å². The van der Waals surface area contributed by atoms with Crippen LogP contribution in [0.3, 0.4) is 0 Å². The number of nitrogens with zero attached hydrogens (tertiary/aromatic N) is 1. The first-order chi connectivity index (χ1) is 43.4. The number of allylic oxidation sites excluding steroid dienone is 17. The van der Waals surface area contributed by atoms with Gasteiger partial charge in [-0.1, -0.05) is 310 Å². The number of likely N-dealkylation sites (N-methyl/N-ethyl adjacent to an activating group) is 1. The second kappa shape index (κ2) is 67.6. The molecule has 0 aromatic carbocycles. The molecule has 0 aromatic rings. The van der Waals surface area contributed by atoms with E-state index >= 15 is 0 Å². The monoisotopic (exact) mass is 1260 g/mol. The van der Waals surface area contributed by atoms with Gasteiger partial charge in [-0.3, -0.25) is 14.2 Å². The zero-order valence-electron chi connectivity index (χ0n) is 58.9. The Balaban J connectivity index is 5.08. The molecular weight excluding hydrogens is 1120 g/mol. The highest BCUT2D eigenvalue weighted by Gasteiger charge is 2.27. The molecule has 0 fully saturated rings. The highest BCUT2D eigenvalue weighted by atomic mass is 31.2. The molecule has 0 aromatic heterocycles. The van der Waals surface area contributed by atoms with E-state index in [9.17, 15) is 19.0 Å². The third kappa shape index (κ3) is 68.9. The van der Waals surface area contributed by atoms with E-state index in [1.165, 1.54) is 173 Å². The zero-order chi connectivity index (χ0) is 64.9. The van der Waals surface area contributed by atoms with Crippen molar-refractivity contribution >= 4 is 19.7 Å². The second-order valence-electron chi connectivity index (χ2n) is 26.1. The molecule has 0 radical (unpaired) electrons. The summed E-state index contributed by atoms with van der Waals surface area (Å²) in [5.74, 6) is -0.546. The van der Waals surface area contributed by atoms with E-state index in [0.29, 0.717) is 17.4 Å². The van der Waals surface area contributed by atoms with Gasteiger partial charge in [0.15, 0.2) is 0 Å². The van der Waals surface area contributed by atoms with Crippen molar-refractivity contribution in [2.45, 2.75) is 341 Å². The Kier molecular flexibility index (Phi) is 65.0. The lowest BCUT2D eigenvalue weighted by Crippen LogP contribution is -2.47. The van der Waals surface area contributed by atoms with Gasteiger partial charge in [-0.05, 0) is 115 Å². The average Bonchev–Trinajstić information content (AvgIpc) is 3.54. The summed E-state index contributed by atoms with van der Waals surface area (Å²) in [6.45, 7) is 6.73. The van der Waals surface area contributed by atoms with E-state index in [2.05, 4.69) is 123 Å². The summed E-state index contributed by atoms with van der Waals surface area (Å²) >= 11 is 0. The van der Waals surface area contributed by atoms with Gasteiger partial charge in [0.2, 0.25) is 5.91 Å². The average molecular weight is 1260 g/mol. The number of unbranched alkanes of at least 4 members (excludes halogenated alkanes) is 35. The van der Waals surface area contributed by atoms with Crippen molar-refractivity contribution in [2.75, 3.05) is 40.9 Å². The molecule has 10 heteroatoms. The fraction of sp³-hybridized carbons (Fsp3) is 0.747. The van der Waals surface area contributed by atoms with Gasteiger partial charge in [0, 0.05) is 12.8 Å². The number of esters is 1. The molecule has 3 atom stereocenters. The Morgan fingerprint density at radius 1 is 0.404 bits per heavy atom. The van der Waals surface area contributed by atoms with E-state index in [1.807, 2.05) is 33.3 Å². The first kappa shape index (κ1) is 85.7. The van der Waals surface area contributed by atoms with Gasteiger partial charge < -0.3 is 28.5 Å². The molecule has 0 spiro atoms. The normalized spacial score (nSPS) is 14.1. The van der Waals surface area contributed by atoms with Crippen LogP contribution in [0.2, 0.25) is 0 Å².